The van der Waals surface area contributed by atoms with Crippen LogP contribution < -0.4 is 5.32 Å². The normalized spacial score (nSPS) is 19.0. The number of hydrogen-bond acceptors (Lipinski definition) is 3. The van der Waals surface area contributed by atoms with Crippen molar-refractivity contribution in [2.75, 3.05) is 13.1 Å². The molecule has 0 radical (unpaired) electrons. The van der Waals surface area contributed by atoms with Gasteiger partial charge in [-0.05, 0) is 39.2 Å². The zero-order valence-electron chi connectivity index (χ0n) is 11.6. The Bertz CT molecular complexity index is 242. The molecule has 1 aliphatic carbocycles. The standard InChI is InChI=1S/C14H27N3/c1-4-6-9-17(12(3)5-2)11-14(10-15)16-13-7-8-13/h12-14,16H,4-9,11H2,1-3H3. The average Bonchev–Trinajstić information content (AvgIpc) is 3.15. The molecule has 3 nitrogen and oxygen atoms in total. The van der Waals surface area contributed by atoms with E-state index in [1.165, 1.54) is 25.7 Å². The van der Waals surface area contributed by atoms with Crippen molar-refractivity contribution in [2.24, 2.45) is 0 Å². The zero-order valence-corrected chi connectivity index (χ0v) is 11.6. The van der Waals surface area contributed by atoms with Gasteiger partial charge in [-0.25, -0.2) is 0 Å². The number of unbranched alkanes of at least 4 members (excludes halogenated alkanes) is 1. The molecule has 0 spiro atoms. The maximum absolute atomic E-state index is 9.19. The number of nitrogens with one attached hydrogen (secondary N) is 1. The van der Waals surface area contributed by atoms with Crippen LogP contribution in [0.2, 0.25) is 0 Å². The van der Waals surface area contributed by atoms with Crippen molar-refractivity contribution < 1.29 is 0 Å². The van der Waals surface area contributed by atoms with Crippen LogP contribution in [0.5, 0.6) is 0 Å². The van der Waals surface area contributed by atoms with E-state index in [9.17, 15) is 5.26 Å². The number of rotatable bonds is 9. The predicted octanol–water partition coefficient (Wildman–Crippen LogP) is 2.53. The lowest BCUT2D eigenvalue weighted by Gasteiger charge is -2.30. The van der Waals surface area contributed by atoms with Crippen molar-refractivity contribution >= 4 is 0 Å². The molecular weight excluding hydrogens is 210 g/mol. The van der Waals surface area contributed by atoms with Crippen molar-refractivity contribution in [3.05, 3.63) is 0 Å². The first-order valence-corrected chi connectivity index (χ1v) is 7.10. The smallest absolute Gasteiger partial charge is 0.108 e. The van der Waals surface area contributed by atoms with Gasteiger partial charge in [-0.1, -0.05) is 20.3 Å². The molecule has 1 N–H and O–H groups in total. The van der Waals surface area contributed by atoms with Crippen molar-refractivity contribution in [1.29, 1.82) is 5.26 Å². The van der Waals surface area contributed by atoms with Crippen molar-refractivity contribution in [3.63, 3.8) is 0 Å². The lowest BCUT2D eigenvalue weighted by Crippen LogP contribution is -2.45. The SMILES string of the molecule is CCCCN(CC(C#N)NC1CC1)C(C)CC. The summed E-state index contributed by atoms with van der Waals surface area (Å²) in [6.07, 6.45) is 6.10. The van der Waals surface area contributed by atoms with E-state index in [1.54, 1.807) is 0 Å². The first kappa shape index (κ1) is 14.5. The second-order valence-corrected chi connectivity index (χ2v) is 5.23. The molecular formula is C14H27N3. The van der Waals surface area contributed by atoms with E-state index in [2.05, 4.69) is 37.1 Å². The van der Waals surface area contributed by atoms with Gasteiger partial charge in [0.1, 0.15) is 6.04 Å². The van der Waals surface area contributed by atoms with Gasteiger partial charge in [0.2, 0.25) is 0 Å². The summed E-state index contributed by atoms with van der Waals surface area (Å²) in [6.45, 7) is 8.71. The molecule has 1 aliphatic rings. The fourth-order valence-electron chi connectivity index (χ4n) is 2.01. The number of hydrogen-bond donors (Lipinski definition) is 1. The van der Waals surface area contributed by atoms with Gasteiger partial charge >= 0.3 is 0 Å². The molecule has 3 heteroatoms. The summed E-state index contributed by atoms with van der Waals surface area (Å²) < 4.78 is 0. The van der Waals surface area contributed by atoms with Crippen LogP contribution in [0.15, 0.2) is 0 Å². The van der Waals surface area contributed by atoms with Crippen LogP contribution in [0.25, 0.3) is 0 Å². The van der Waals surface area contributed by atoms with E-state index in [-0.39, 0.29) is 6.04 Å². The Morgan fingerprint density at radius 2 is 2.12 bits per heavy atom. The first-order chi connectivity index (χ1) is 8.21. The molecule has 98 valence electrons. The molecule has 0 aromatic carbocycles. The second kappa shape index (κ2) is 7.68. The molecule has 2 atom stereocenters. The van der Waals surface area contributed by atoms with Gasteiger partial charge in [-0.15, -0.1) is 0 Å². The molecule has 0 aromatic rings. The van der Waals surface area contributed by atoms with Gasteiger partial charge in [0.15, 0.2) is 0 Å². The Morgan fingerprint density at radius 1 is 1.41 bits per heavy atom. The Hall–Kier alpha value is -0.590. The molecule has 1 rings (SSSR count). The van der Waals surface area contributed by atoms with Gasteiger partial charge in [0, 0.05) is 18.6 Å². The molecule has 0 amide bonds. The molecule has 0 aliphatic heterocycles. The summed E-state index contributed by atoms with van der Waals surface area (Å²) in [5.74, 6) is 0. The molecule has 0 bridgehead atoms. The zero-order chi connectivity index (χ0) is 12.7. The average molecular weight is 237 g/mol. The maximum Gasteiger partial charge on any atom is 0.108 e. The highest BCUT2D eigenvalue weighted by molar-refractivity contribution is 4.97. The first-order valence-electron chi connectivity index (χ1n) is 7.10. The highest BCUT2D eigenvalue weighted by Crippen LogP contribution is 2.19. The van der Waals surface area contributed by atoms with E-state index in [1.807, 2.05) is 0 Å². The fraction of sp³-hybridized carbons (Fsp3) is 0.929. The van der Waals surface area contributed by atoms with E-state index in [0.29, 0.717) is 12.1 Å². The summed E-state index contributed by atoms with van der Waals surface area (Å²) in [5.41, 5.74) is 0. The third kappa shape index (κ3) is 5.52. The third-order valence-electron chi connectivity index (χ3n) is 3.60. The highest BCUT2D eigenvalue weighted by atomic mass is 15.2. The van der Waals surface area contributed by atoms with Crippen molar-refractivity contribution in [1.82, 2.24) is 10.2 Å². The summed E-state index contributed by atoms with van der Waals surface area (Å²) >= 11 is 0. The molecule has 0 saturated heterocycles. The topological polar surface area (TPSA) is 39.1 Å². The quantitative estimate of drug-likeness (QED) is 0.670. The van der Waals surface area contributed by atoms with Gasteiger partial charge in [-0.2, -0.15) is 5.26 Å². The van der Waals surface area contributed by atoms with Crippen LogP contribution in [0.4, 0.5) is 0 Å². The lowest BCUT2D eigenvalue weighted by atomic mass is 10.1. The van der Waals surface area contributed by atoms with E-state index in [4.69, 9.17) is 0 Å². The minimum absolute atomic E-state index is 0.00774. The fourth-order valence-corrected chi connectivity index (χ4v) is 2.01. The molecule has 2 unspecified atom stereocenters. The van der Waals surface area contributed by atoms with Crippen molar-refractivity contribution in [3.8, 4) is 6.07 Å². The largest absolute Gasteiger partial charge is 0.298 e. The Kier molecular flexibility index (Phi) is 6.54. The molecule has 1 fully saturated rings. The van der Waals surface area contributed by atoms with E-state index >= 15 is 0 Å². The predicted molar refractivity (Wildman–Crippen MR) is 71.8 cm³/mol. The summed E-state index contributed by atoms with van der Waals surface area (Å²) in [6, 6.07) is 3.61. The summed E-state index contributed by atoms with van der Waals surface area (Å²) in [7, 11) is 0. The Morgan fingerprint density at radius 3 is 2.59 bits per heavy atom. The second-order valence-electron chi connectivity index (χ2n) is 5.23. The molecule has 17 heavy (non-hydrogen) atoms. The summed E-state index contributed by atoms with van der Waals surface area (Å²) in [5, 5.41) is 12.6. The van der Waals surface area contributed by atoms with Crippen LogP contribution in [0, 0.1) is 11.3 Å². The van der Waals surface area contributed by atoms with Gasteiger partial charge in [-0.3, -0.25) is 10.2 Å². The molecule has 0 aromatic heterocycles. The van der Waals surface area contributed by atoms with Crippen LogP contribution in [-0.4, -0.2) is 36.1 Å². The van der Waals surface area contributed by atoms with Crippen LogP contribution in [0.1, 0.15) is 52.9 Å². The number of nitrogens with zero attached hydrogens (tertiary/aromatic N) is 2. The number of nitriles is 1. The summed E-state index contributed by atoms with van der Waals surface area (Å²) in [4.78, 5) is 2.47. The van der Waals surface area contributed by atoms with Crippen LogP contribution >= 0.6 is 0 Å². The third-order valence-corrected chi connectivity index (χ3v) is 3.60. The van der Waals surface area contributed by atoms with Gasteiger partial charge in [0.05, 0.1) is 6.07 Å². The Balaban J connectivity index is 2.40. The van der Waals surface area contributed by atoms with E-state index < -0.39 is 0 Å². The monoisotopic (exact) mass is 237 g/mol. The minimum Gasteiger partial charge on any atom is -0.298 e. The van der Waals surface area contributed by atoms with Crippen LogP contribution in [-0.2, 0) is 0 Å². The van der Waals surface area contributed by atoms with E-state index in [0.717, 1.165) is 19.5 Å². The van der Waals surface area contributed by atoms with Crippen molar-refractivity contribution in [2.45, 2.75) is 71.0 Å². The molecule has 0 heterocycles. The molecule has 1 saturated carbocycles. The van der Waals surface area contributed by atoms with Gasteiger partial charge in [0.25, 0.3) is 0 Å². The Labute approximate surface area is 106 Å². The highest BCUT2D eigenvalue weighted by Gasteiger charge is 2.26. The lowest BCUT2D eigenvalue weighted by molar-refractivity contribution is 0.190. The maximum atomic E-state index is 9.19. The van der Waals surface area contributed by atoms with Gasteiger partial charge < -0.3 is 0 Å². The minimum atomic E-state index is 0.00774. The van der Waals surface area contributed by atoms with Crippen LogP contribution in [0.3, 0.4) is 0 Å².